The van der Waals surface area contributed by atoms with Gasteiger partial charge in [0, 0.05) is 67.4 Å². The number of aryl methyl sites for hydroxylation is 1. The van der Waals surface area contributed by atoms with Crippen molar-refractivity contribution in [1.29, 1.82) is 0 Å². The minimum Gasteiger partial charge on any atom is -0.371 e. The van der Waals surface area contributed by atoms with E-state index in [2.05, 4.69) is 42.3 Å². The number of hydrogen-bond acceptors (Lipinski definition) is 6. The van der Waals surface area contributed by atoms with Crippen molar-refractivity contribution in [2.45, 2.75) is 19.8 Å². The van der Waals surface area contributed by atoms with Gasteiger partial charge in [-0.15, -0.1) is 0 Å². The summed E-state index contributed by atoms with van der Waals surface area (Å²) in [5.41, 5.74) is 3.16. The Morgan fingerprint density at radius 2 is 1.85 bits per heavy atom. The average Bonchev–Trinajstić information content (AvgIpc) is 2.73. The van der Waals surface area contributed by atoms with Crippen LogP contribution in [-0.4, -0.2) is 39.6 Å². The molecule has 0 bridgehead atoms. The van der Waals surface area contributed by atoms with Crippen LogP contribution in [0.4, 0.5) is 11.5 Å². The van der Waals surface area contributed by atoms with Gasteiger partial charge >= 0.3 is 0 Å². The van der Waals surface area contributed by atoms with Crippen LogP contribution in [0.2, 0.25) is 0 Å². The van der Waals surface area contributed by atoms with Crippen LogP contribution in [0.15, 0.2) is 55.1 Å². The lowest BCUT2D eigenvalue weighted by Gasteiger charge is -2.33. The Morgan fingerprint density at radius 1 is 1.04 bits per heavy atom. The van der Waals surface area contributed by atoms with Crippen molar-refractivity contribution in [2.75, 3.05) is 29.9 Å². The summed E-state index contributed by atoms with van der Waals surface area (Å²) < 4.78 is 0. The number of piperidine rings is 1. The Balaban J connectivity index is 1.35. The van der Waals surface area contributed by atoms with Gasteiger partial charge in [-0.05, 0) is 49.9 Å². The highest BCUT2D eigenvalue weighted by Gasteiger charge is 2.19. The van der Waals surface area contributed by atoms with Gasteiger partial charge in [0.1, 0.15) is 5.82 Å². The SMILES string of the molecule is Cc1cc(NCC2CCN(c3ccncc3)CC2)nc(-c2cccnc2)n1. The molecule has 0 aliphatic carbocycles. The van der Waals surface area contributed by atoms with E-state index < -0.39 is 0 Å². The van der Waals surface area contributed by atoms with Crippen LogP contribution in [0.5, 0.6) is 0 Å². The summed E-state index contributed by atoms with van der Waals surface area (Å²) in [6.45, 7) is 5.10. The molecule has 0 spiro atoms. The fraction of sp³-hybridized carbons (Fsp3) is 0.333. The zero-order valence-electron chi connectivity index (χ0n) is 15.5. The lowest BCUT2D eigenvalue weighted by Crippen LogP contribution is -2.35. The van der Waals surface area contributed by atoms with E-state index >= 15 is 0 Å². The smallest absolute Gasteiger partial charge is 0.163 e. The van der Waals surface area contributed by atoms with E-state index in [1.165, 1.54) is 18.5 Å². The molecule has 1 aliphatic heterocycles. The number of nitrogens with one attached hydrogen (secondary N) is 1. The molecule has 0 amide bonds. The second-order valence-corrected chi connectivity index (χ2v) is 6.98. The topological polar surface area (TPSA) is 66.8 Å². The average molecular weight is 360 g/mol. The molecule has 0 saturated carbocycles. The van der Waals surface area contributed by atoms with Crippen molar-refractivity contribution in [1.82, 2.24) is 19.9 Å². The van der Waals surface area contributed by atoms with Crippen molar-refractivity contribution in [3.63, 3.8) is 0 Å². The number of nitrogens with zero attached hydrogens (tertiary/aromatic N) is 5. The quantitative estimate of drug-likeness (QED) is 0.750. The summed E-state index contributed by atoms with van der Waals surface area (Å²) in [6.07, 6.45) is 9.63. The summed E-state index contributed by atoms with van der Waals surface area (Å²) in [6, 6.07) is 10.1. The van der Waals surface area contributed by atoms with E-state index in [0.29, 0.717) is 5.92 Å². The fourth-order valence-electron chi connectivity index (χ4n) is 3.48. The molecule has 6 nitrogen and oxygen atoms in total. The van der Waals surface area contributed by atoms with Gasteiger partial charge in [-0.2, -0.15) is 0 Å². The summed E-state index contributed by atoms with van der Waals surface area (Å²) in [5, 5.41) is 3.52. The van der Waals surface area contributed by atoms with Crippen molar-refractivity contribution in [3.8, 4) is 11.4 Å². The molecule has 138 valence electrons. The largest absolute Gasteiger partial charge is 0.371 e. The van der Waals surface area contributed by atoms with Gasteiger partial charge in [0.2, 0.25) is 0 Å². The van der Waals surface area contributed by atoms with Gasteiger partial charge in [0.25, 0.3) is 0 Å². The maximum atomic E-state index is 4.67. The summed E-state index contributed by atoms with van der Waals surface area (Å²) in [4.78, 5) is 19.9. The first-order valence-electron chi connectivity index (χ1n) is 9.43. The van der Waals surface area contributed by atoms with Crippen molar-refractivity contribution in [2.24, 2.45) is 5.92 Å². The predicted molar refractivity (Wildman–Crippen MR) is 108 cm³/mol. The Kier molecular flexibility index (Phi) is 5.23. The fourth-order valence-corrected chi connectivity index (χ4v) is 3.48. The molecular formula is C21H24N6. The maximum Gasteiger partial charge on any atom is 0.163 e. The number of rotatable bonds is 5. The molecule has 6 heteroatoms. The van der Waals surface area contributed by atoms with E-state index in [4.69, 9.17) is 0 Å². The van der Waals surface area contributed by atoms with Gasteiger partial charge in [-0.1, -0.05) is 0 Å². The van der Waals surface area contributed by atoms with Crippen LogP contribution >= 0.6 is 0 Å². The van der Waals surface area contributed by atoms with Crippen molar-refractivity contribution < 1.29 is 0 Å². The molecule has 27 heavy (non-hydrogen) atoms. The Morgan fingerprint density at radius 3 is 2.59 bits per heavy atom. The van der Waals surface area contributed by atoms with Gasteiger partial charge in [0.15, 0.2) is 5.82 Å². The molecule has 0 radical (unpaired) electrons. The van der Waals surface area contributed by atoms with Crippen LogP contribution < -0.4 is 10.2 Å². The molecule has 4 rings (SSSR count). The third kappa shape index (κ3) is 4.39. The zero-order chi connectivity index (χ0) is 18.5. The van der Waals surface area contributed by atoms with E-state index in [0.717, 1.165) is 42.5 Å². The molecule has 1 aliphatic rings. The van der Waals surface area contributed by atoms with E-state index in [9.17, 15) is 0 Å². The first-order valence-corrected chi connectivity index (χ1v) is 9.43. The number of hydrogen-bond donors (Lipinski definition) is 1. The standard InChI is InChI=1S/C21H24N6/c1-16-13-20(26-21(25-16)18-3-2-8-23-15-18)24-14-17-6-11-27(12-7-17)19-4-9-22-10-5-19/h2-5,8-10,13,15,17H,6-7,11-12,14H2,1H3,(H,24,25,26). The third-order valence-electron chi connectivity index (χ3n) is 4.99. The summed E-state index contributed by atoms with van der Waals surface area (Å²) in [5.74, 6) is 2.26. The van der Waals surface area contributed by atoms with Crippen molar-refractivity contribution >= 4 is 11.5 Å². The lowest BCUT2D eigenvalue weighted by molar-refractivity contribution is 0.423. The second kappa shape index (κ2) is 8.12. The van der Waals surface area contributed by atoms with E-state index in [1.807, 2.05) is 37.5 Å². The van der Waals surface area contributed by atoms with Crippen LogP contribution in [-0.2, 0) is 0 Å². The summed E-state index contributed by atoms with van der Waals surface area (Å²) >= 11 is 0. The van der Waals surface area contributed by atoms with Crippen LogP contribution in [0.3, 0.4) is 0 Å². The minimum atomic E-state index is 0.653. The highest BCUT2D eigenvalue weighted by Crippen LogP contribution is 2.23. The van der Waals surface area contributed by atoms with Crippen LogP contribution in [0.1, 0.15) is 18.5 Å². The Labute approximate surface area is 159 Å². The van der Waals surface area contributed by atoms with Crippen molar-refractivity contribution in [3.05, 3.63) is 60.8 Å². The third-order valence-corrected chi connectivity index (χ3v) is 4.99. The van der Waals surface area contributed by atoms with Gasteiger partial charge in [-0.3, -0.25) is 9.97 Å². The van der Waals surface area contributed by atoms with Gasteiger partial charge in [0.05, 0.1) is 0 Å². The number of pyridine rings is 2. The molecule has 1 N–H and O–H groups in total. The van der Waals surface area contributed by atoms with Gasteiger partial charge in [-0.25, -0.2) is 9.97 Å². The second-order valence-electron chi connectivity index (χ2n) is 6.98. The maximum absolute atomic E-state index is 4.67. The highest BCUT2D eigenvalue weighted by molar-refractivity contribution is 5.56. The number of aromatic nitrogens is 4. The molecule has 0 unspecified atom stereocenters. The molecular weight excluding hydrogens is 336 g/mol. The Bertz CT molecular complexity index is 860. The molecule has 3 aromatic rings. The van der Waals surface area contributed by atoms with Crippen LogP contribution in [0.25, 0.3) is 11.4 Å². The van der Waals surface area contributed by atoms with E-state index in [-0.39, 0.29) is 0 Å². The molecule has 1 fully saturated rings. The first kappa shape index (κ1) is 17.4. The number of anilines is 2. The normalized spacial score (nSPS) is 14.9. The molecule has 1 saturated heterocycles. The predicted octanol–water partition coefficient (Wildman–Crippen LogP) is 3.57. The lowest BCUT2D eigenvalue weighted by atomic mass is 9.96. The molecule has 0 atom stereocenters. The first-order chi connectivity index (χ1) is 13.3. The monoisotopic (exact) mass is 360 g/mol. The minimum absolute atomic E-state index is 0.653. The highest BCUT2D eigenvalue weighted by atomic mass is 15.1. The van der Waals surface area contributed by atoms with Crippen LogP contribution in [0, 0.1) is 12.8 Å². The van der Waals surface area contributed by atoms with Gasteiger partial charge < -0.3 is 10.2 Å². The summed E-state index contributed by atoms with van der Waals surface area (Å²) in [7, 11) is 0. The zero-order valence-corrected chi connectivity index (χ0v) is 15.5. The van der Waals surface area contributed by atoms with E-state index in [1.54, 1.807) is 12.4 Å². The molecule has 0 aromatic carbocycles. The molecule has 4 heterocycles. The Hall–Kier alpha value is -3.02. The molecule has 3 aromatic heterocycles.